The highest BCUT2D eigenvalue weighted by atomic mass is 19.1. The number of hydrogen-bond donors (Lipinski definition) is 1. The number of halogens is 1. The van der Waals surface area contributed by atoms with E-state index >= 15 is 0 Å². The highest BCUT2D eigenvalue weighted by Crippen LogP contribution is 2.27. The normalized spacial score (nSPS) is 12.3. The van der Waals surface area contributed by atoms with Gasteiger partial charge in [0.25, 0.3) is 0 Å². The van der Waals surface area contributed by atoms with Crippen LogP contribution in [0.1, 0.15) is 174 Å². The Kier molecular flexibility index (Phi) is 27.7. The van der Waals surface area contributed by atoms with Gasteiger partial charge < -0.3 is 5.73 Å². The van der Waals surface area contributed by atoms with E-state index in [1.807, 2.05) is 32.0 Å². The Bertz CT molecular complexity index is 1130. The lowest BCUT2D eigenvalue weighted by Gasteiger charge is -2.22. The largest absolute Gasteiger partial charge is 0.399 e. The maximum atomic E-state index is 12.4. The predicted molar refractivity (Wildman–Crippen MR) is 216 cm³/mol. The zero-order valence-electron chi connectivity index (χ0n) is 33.1. The number of hydrogen-bond acceptors (Lipinski definition) is 1. The van der Waals surface area contributed by atoms with E-state index in [4.69, 9.17) is 5.73 Å². The first-order valence-electron chi connectivity index (χ1n) is 19.9. The van der Waals surface area contributed by atoms with Crippen molar-refractivity contribution >= 4 is 5.69 Å². The number of anilines is 1. The summed E-state index contributed by atoms with van der Waals surface area (Å²) in [6.07, 6.45) is 18.9. The second kappa shape index (κ2) is 29.3. The Morgan fingerprint density at radius 3 is 1.58 bits per heavy atom. The number of nitrogens with two attached hydrogens (primary N) is 1. The van der Waals surface area contributed by atoms with Crippen LogP contribution in [0.4, 0.5) is 10.1 Å². The van der Waals surface area contributed by atoms with E-state index in [1.54, 1.807) is 0 Å². The van der Waals surface area contributed by atoms with Gasteiger partial charge in [0.05, 0.1) is 0 Å². The first-order valence-corrected chi connectivity index (χ1v) is 19.9. The Balaban J connectivity index is 0.000000745. The monoisotopic (exact) mass is 662 g/mol. The van der Waals surface area contributed by atoms with Gasteiger partial charge in [0.2, 0.25) is 0 Å². The zero-order chi connectivity index (χ0) is 36.2. The minimum Gasteiger partial charge on any atom is -0.399 e. The summed E-state index contributed by atoms with van der Waals surface area (Å²) in [7, 11) is 0. The van der Waals surface area contributed by atoms with Gasteiger partial charge in [0.15, 0.2) is 0 Å². The van der Waals surface area contributed by atoms with Crippen LogP contribution in [-0.2, 0) is 25.7 Å². The lowest BCUT2D eigenvalue weighted by molar-refractivity contribution is 0.298. The second-order valence-corrected chi connectivity index (χ2v) is 13.5. The second-order valence-electron chi connectivity index (χ2n) is 13.5. The highest BCUT2D eigenvalue weighted by Gasteiger charge is 2.14. The van der Waals surface area contributed by atoms with Gasteiger partial charge in [-0.1, -0.05) is 169 Å². The van der Waals surface area contributed by atoms with Crippen molar-refractivity contribution in [1.29, 1.82) is 0 Å². The molecule has 3 aromatic carbocycles. The molecule has 0 radical (unpaired) electrons. The van der Waals surface area contributed by atoms with Gasteiger partial charge in [-0.05, 0) is 108 Å². The quantitative estimate of drug-likeness (QED) is 0.135. The molecular formula is C46H76FN. The average molecular weight is 662 g/mol. The first-order chi connectivity index (χ1) is 23.2. The summed E-state index contributed by atoms with van der Waals surface area (Å²) in [5.74, 6) is 2.32. The van der Waals surface area contributed by atoms with Crippen LogP contribution in [0, 0.1) is 17.7 Å². The molecule has 0 heterocycles. The molecule has 0 aromatic heterocycles. The average Bonchev–Trinajstić information content (AvgIpc) is 3.11. The number of aryl methyl sites for hydroxylation is 3. The number of nitrogen functional groups attached to an aromatic ring is 1. The molecule has 3 unspecified atom stereocenters. The summed E-state index contributed by atoms with van der Waals surface area (Å²) >= 11 is 0. The molecule has 0 aliphatic carbocycles. The maximum Gasteiger partial charge on any atom is 0.123 e. The number of unbranched alkanes of at least 4 members (excludes halogenated alkanes) is 3. The third-order valence-corrected chi connectivity index (χ3v) is 9.37. The van der Waals surface area contributed by atoms with Crippen molar-refractivity contribution in [3.05, 3.63) is 100 Å². The van der Waals surface area contributed by atoms with Crippen LogP contribution in [-0.4, -0.2) is 0 Å². The van der Waals surface area contributed by atoms with Crippen molar-refractivity contribution in [2.45, 2.75) is 171 Å². The molecule has 0 fully saturated rings. The van der Waals surface area contributed by atoms with E-state index in [1.165, 1.54) is 111 Å². The minimum atomic E-state index is -0.148. The number of rotatable bonds is 18. The molecule has 0 bridgehead atoms. The summed E-state index contributed by atoms with van der Waals surface area (Å²) < 4.78 is 12.4. The molecular weight excluding hydrogens is 586 g/mol. The Labute approximate surface area is 298 Å². The Hall–Kier alpha value is -2.61. The van der Waals surface area contributed by atoms with Gasteiger partial charge in [0.1, 0.15) is 5.82 Å². The predicted octanol–water partition coefficient (Wildman–Crippen LogP) is 14.7. The molecule has 3 rings (SSSR count). The van der Waals surface area contributed by atoms with Crippen molar-refractivity contribution in [3.8, 4) is 0 Å². The van der Waals surface area contributed by atoms with E-state index < -0.39 is 0 Å². The molecule has 0 aliphatic rings. The molecule has 3 atom stereocenters. The topological polar surface area (TPSA) is 26.0 Å². The fourth-order valence-corrected chi connectivity index (χ4v) is 6.19. The van der Waals surface area contributed by atoms with Gasteiger partial charge in [-0.3, -0.25) is 0 Å². The van der Waals surface area contributed by atoms with E-state index in [-0.39, 0.29) is 5.82 Å². The zero-order valence-corrected chi connectivity index (χ0v) is 33.1. The third-order valence-electron chi connectivity index (χ3n) is 9.37. The van der Waals surface area contributed by atoms with Gasteiger partial charge in [0, 0.05) is 5.69 Å². The van der Waals surface area contributed by atoms with Gasteiger partial charge in [-0.15, -0.1) is 0 Å². The number of benzene rings is 3. The van der Waals surface area contributed by atoms with Crippen LogP contribution >= 0.6 is 0 Å². The van der Waals surface area contributed by atoms with Crippen LogP contribution in [0.3, 0.4) is 0 Å². The van der Waals surface area contributed by atoms with Crippen LogP contribution in [0.15, 0.2) is 66.7 Å². The molecule has 0 saturated carbocycles. The summed E-state index contributed by atoms with van der Waals surface area (Å²) in [5.41, 5.74) is 13.8. The highest BCUT2D eigenvalue weighted by molar-refractivity contribution is 5.46. The minimum absolute atomic E-state index is 0.148. The van der Waals surface area contributed by atoms with Crippen molar-refractivity contribution in [2.75, 3.05) is 5.73 Å². The van der Waals surface area contributed by atoms with E-state index in [9.17, 15) is 4.39 Å². The van der Waals surface area contributed by atoms with Crippen molar-refractivity contribution < 1.29 is 4.39 Å². The summed E-state index contributed by atoms with van der Waals surface area (Å²) in [6, 6.07) is 22.4. The SMILES string of the molecule is CC.CCCCC(CCC)C(C)CC.CCCCc1ccc(CC(C)c2ccc(N)cc2CCC)cc1.CCCCc1ccc(F)cc1. The summed E-state index contributed by atoms with van der Waals surface area (Å²) in [5, 5.41) is 0. The molecule has 2 N–H and O–H groups in total. The molecule has 0 amide bonds. The first kappa shape index (κ1) is 45.4. The molecule has 3 aromatic rings. The van der Waals surface area contributed by atoms with E-state index in [2.05, 4.69) is 91.8 Å². The van der Waals surface area contributed by atoms with Crippen molar-refractivity contribution in [2.24, 2.45) is 11.8 Å². The summed E-state index contributed by atoms with van der Waals surface area (Å²) in [6.45, 7) is 22.3. The van der Waals surface area contributed by atoms with E-state index in [0.29, 0.717) is 5.92 Å². The fourth-order valence-electron chi connectivity index (χ4n) is 6.19. The van der Waals surface area contributed by atoms with Gasteiger partial charge in [-0.2, -0.15) is 0 Å². The third kappa shape index (κ3) is 20.0. The Morgan fingerprint density at radius 1 is 0.583 bits per heavy atom. The molecule has 1 nitrogen and oxygen atoms in total. The fraction of sp³-hybridized carbons (Fsp3) is 0.609. The lowest BCUT2D eigenvalue weighted by atomic mass is 9.84. The smallest absolute Gasteiger partial charge is 0.123 e. The Morgan fingerprint density at radius 2 is 1.10 bits per heavy atom. The van der Waals surface area contributed by atoms with Crippen molar-refractivity contribution in [1.82, 2.24) is 0 Å². The van der Waals surface area contributed by atoms with Crippen LogP contribution in [0.5, 0.6) is 0 Å². The van der Waals surface area contributed by atoms with Crippen LogP contribution in [0.25, 0.3) is 0 Å². The van der Waals surface area contributed by atoms with Gasteiger partial charge in [-0.25, -0.2) is 4.39 Å². The molecule has 2 heteroatoms. The molecule has 0 aliphatic heterocycles. The summed E-state index contributed by atoms with van der Waals surface area (Å²) in [4.78, 5) is 0. The van der Waals surface area contributed by atoms with Crippen LogP contribution in [0.2, 0.25) is 0 Å². The maximum absolute atomic E-state index is 12.4. The van der Waals surface area contributed by atoms with E-state index in [0.717, 1.165) is 43.2 Å². The molecule has 272 valence electrons. The van der Waals surface area contributed by atoms with Gasteiger partial charge >= 0.3 is 0 Å². The molecule has 48 heavy (non-hydrogen) atoms. The molecule has 0 saturated heterocycles. The van der Waals surface area contributed by atoms with Crippen molar-refractivity contribution in [3.63, 3.8) is 0 Å². The lowest BCUT2D eigenvalue weighted by Crippen LogP contribution is -2.10. The standard InChI is InChI=1S/C22H31N.C12H26.C10H13F.C2H6/c1-4-6-8-18-9-11-19(12-10-18)15-17(3)22-14-13-21(23)16-20(22)7-5-2;1-5-8-10-12(9-6-2)11(4)7-3;1-2-3-4-9-5-7-10(11)8-6-9;1-2/h9-14,16-17H,4-8,15,23H2,1-3H3;11-12H,5-10H2,1-4H3;5-8H,2-4H2,1H3;1-2H3. The van der Waals surface area contributed by atoms with Crippen LogP contribution < -0.4 is 5.73 Å². The molecule has 0 spiro atoms.